The molecule has 0 unspecified atom stereocenters. The van der Waals surface area contributed by atoms with Crippen molar-refractivity contribution in [2.24, 2.45) is 17.1 Å². The number of para-hydroxylation sites is 1. The van der Waals surface area contributed by atoms with Crippen LogP contribution >= 0.6 is 0 Å². The van der Waals surface area contributed by atoms with E-state index in [1.807, 2.05) is 0 Å². The van der Waals surface area contributed by atoms with Crippen LogP contribution in [0.1, 0.15) is 12.8 Å². The van der Waals surface area contributed by atoms with Crippen LogP contribution in [0.4, 0.5) is 14.5 Å². The van der Waals surface area contributed by atoms with Gasteiger partial charge in [0.05, 0.1) is 18.1 Å². The number of nitrogens with zero attached hydrogens (tertiary/aromatic N) is 3. The highest BCUT2D eigenvalue weighted by molar-refractivity contribution is 6.39. The second kappa shape index (κ2) is 6.41. The van der Waals surface area contributed by atoms with E-state index in [1.165, 1.54) is 23.4 Å². The molecule has 1 aliphatic heterocycles. The van der Waals surface area contributed by atoms with Crippen molar-refractivity contribution in [3.8, 4) is 5.69 Å². The topological polar surface area (TPSA) is 93.2 Å². The third-order valence-corrected chi connectivity index (χ3v) is 5.70. The van der Waals surface area contributed by atoms with E-state index < -0.39 is 23.4 Å². The average Bonchev–Trinajstić information content (AvgIpc) is 3.17. The Morgan fingerprint density at radius 1 is 1.33 bits per heavy atom. The van der Waals surface area contributed by atoms with E-state index in [0.29, 0.717) is 25.6 Å². The largest absolute Gasteiger partial charge is 0.334 e. The summed E-state index contributed by atoms with van der Waals surface area (Å²) in [4.78, 5) is 26.3. The van der Waals surface area contributed by atoms with E-state index in [1.54, 1.807) is 0 Å². The first-order valence-electron chi connectivity index (χ1n) is 8.73. The molecule has 1 saturated carbocycles. The average molecular weight is 375 g/mol. The van der Waals surface area contributed by atoms with Gasteiger partial charge in [0.25, 0.3) is 0 Å². The van der Waals surface area contributed by atoms with Crippen molar-refractivity contribution >= 4 is 17.5 Å². The highest BCUT2D eigenvalue weighted by Crippen LogP contribution is 2.51. The number of benzene rings is 1. The zero-order valence-corrected chi connectivity index (χ0v) is 14.5. The van der Waals surface area contributed by atoms with E-state index in [-0.39, 0.29) is 16.8 Å². The van der Waals surface area contributed by atoms with Gasteiger partial charge in [0.15, 0.2) is 11.6 Å². The van der Waals surface area contributed by atoms with Gasteiger partial charge in [-0.15, -0.1) is 0 Å². The maximum Gasteiger partial charge on any atom is 0.313 e. The van der Waals surface area contributed by atoms with Gasteiger partial charge in [-0.1, -0.05) is 6.07 Å². The summed E-state index contributed by atoms with van der Waals surface area (Å²) >= 11 is 0. The molecule has 0 spiro atoms. The summed E-state index contributed by atoms with van der Waals surface area (Å²) in [6, 6.07) is 3.46. The van der Waals surface area contributed by atoms with Crippen LogP contribution < -0.4 is 11.1 Å². The van der Waals surface area contributed by atoms with Gasteiger partial charge < -0.3 is 16.0 Å². The molecule has 1 saturated heterocycles. The van der Waals surface area contributed by atoms with Crippen LogP contribution in [-0.2, 0) is 9.59 Å². The Morgan fingerprint density at radius 3 is 2.67 bits per heavy atom. The Balaban J connectivity index is 1.45. The van der Waals surface area contributed by atoms with Crippen molar-refractivity contribution in [3.63, 3.8) is 0 Å². The Bertz CT molecular complexity index is 891. The molecule has 2 fully saturated rings. The minimum absolute atomic E-state index is 0.0524. The highest BCUT2D eigenvalue weighted by atomic mass is 19.1. The van der Waals surface area contributed by atoms with E-state index in [9.17, 15) is 18.4 Å². The SMILES string of the molecule is NC[C@]12CC[C@H]1CN(C(=O)C(=O)Nc1cnn(-c3c(F)cccc3F)c1)C2. The summed E-state index contributed by atoms with van der Waals surface area (Å²) in [5, 5.41) is 6.30. The third-order valence-electron chi connectivity index (χ3n) is 5.70. The van der Waals surface area contributed by atoms with Crippen LogP contribution in [0.3, 0.4) is 0 Å². The minimum atomic E-state index is -0.808. The molecule has 2 atom stereocenters. The lowest BCUT2D eigenvalue weighted by atomic mass is 9.62. The maximum absolute atomic E-state index is 13.8. The number of likely N-dealkylation sites (tertiary alicyclic amines) is 1. The molecule has 0 bridgehead atoms. The lowest BCUT2D eigenvalue weighted by Crippen LogP contribution is -2.46. The summed E-state index contributed by atoms with van der Waals surface area (Å²) in [7, 11) is 0. The van der Waals surface area contributed by atoms with Crippen molar-refractivity contribution in [2.45, 2.75) is 12.8 Å². The number of aromatic nitrogens is 2. The number of nitrogens with one attached hydrogen (secondary N) is 1. The molecule has 1 aromatic heterocycles. The van der Waals surface area contributed by atoms with Gasteiger partial charge in [0.2, 0.25) is 0 Å². The van der Waals surface area contributed by atoms with Crippen LogP contribution in [0.5, 0.6) is 0 Å². The zero-order chi connectivity index (χ0) is 19.2. The molecular weight excluding hydrogens is 356 g/mol. The molecule has 2 aromatic rings. The highest BCUT2D eigenvalue weighted by Gasteiger charge is 2.53. The van der Waals surface area contributed by atoms with Crippen LogP contribution in [0, 0.1) is 23.0 Å². The summed E-state index contributed by atoms with van der Waals surface area (Å²) in [6.07, 6.45) is 4.47. The number of amides is 2. The molecule has 9 heteroatoms. The normalized spacial score (nSPS) is 23.7. The first kappa shape index (κ1) is 17.6. The summed E-state index contributed by atoms with van der Waals surface area (Å²) in [6.45, 7) is 1.52. The third kappa shape index (κ3) is 2.87. The Kier molecular flexibility index (Phi) is 4.18. The van der Waals surface area contributed by atoms with Crippen LogP contribution in [0.2, 0.25) is 0 Å². The quantitative estimate of drug-likeness (QED) is 0.791. The molecule has 7 nitrogen and oxygen atoms in total. The predicted octanol–water partition coefficient (Wildman–Crippen LogP) is 1.29. The van der Waals surface area contributed by atoms with E-state index in [0.717, 1.165) is 29.7 Å². The van der Waals surface area contributed by atoms with Gasteiger partial charge >= 0.3 is 11.8 Å². The standard InChI is InChI=1S/C18H19F2N5O2/c19-13-2-1-3-14(20)15(13)25-8-12(6-22-25)23-16(26)17(27)24-7-11-4-5-18(11,9-21)10-24/h1-3,6,8,11H,4-5,7,9-10,21H2,(H,23,26)/t11-,18-/m0/s1. The summed E-state index contributed by atoms with van der Waals surface area (Å²) in [5.74, 6) is -2.66. The zero-order valence-electron chi connectivity index (χ0n) is 14.5. The lowest BCUT2D eigenvalue weighted by Gasteiger charge is -2.42. The number of fused-ring (bicyclic) bond motifs is 1. The molecule has 2 aliphatic rings. The number of nitrogens with two attached hydrogens (primary N) is 1. The van der Waals surface area contributed by atoms with Gasteiger partial charge in [-0.25, -0.2) is 13.5 Å². The second-order valence-corrected chi connectivity index (χ2v) is 7.19. The Morgan fingerprint density at radius 2 is 2.07 bits per heavy atom. The van der Waals surface area contributed by atoms with E-state index in [2.05, 4.69) is 10.4 Å². The predicted molar refractivity (Wildman–Crippen MR) is 92.9 cm³/mol. The van der Waals surface area contributed by atoms with E-state index in [4.69, 9.17) is 5.73 Å². The van der Waals surface area contributed by atoms with Gasteiger partial charge in [-0.05, 0) is 37.4 Å². The molecule has 27 heavy (non-hydrogen) atoms. The van der Waals surface area contributed by atoms with Gasteiger partial charge in [-0.3, -0.25) is 9.59 Å². The van der Waals surface area contributed by atoms with Crippen molar-refractivity contribution in [2.75, 3.05) is 25.0 Å². The van der Waals surface area contributed by atoms with Crippen LogP contribution in [0.15, 0.2) is 30.6 Å². The first-order chi connectivity index (χ1) is 12.9. The smallest absolute Gasteiger partial charge is 0.313 e. The monoisotopic (exact) mass is 375 g/mol. The van der Waals surface area contributed by atoms with Crippen LogP contribution in [0.25, 0.3) is 5.69 Å². The molecule has 4 rings (SSSR count). The number of hydrogen-bond acceptors (Lipinski definition) is 4. The molecule has 142 valence electrons. The second-order valence-electron chi connectivity index (χ2n) is 7.19. The number of halogens is 2. The fraction of sp³-hybridized carbons (Fsp3) is 0.389. The number of carbonyl (C=O) groups excluding carboxylic acids is 2. The number of rotatable bonds is 3. The van der Waals surface area contributed by atoms with Crippen LogP contribution in [-0.4, -0.2) is 46.1 Å². The summed E-state index contributed by atoms with van der Waals surface area (Å²) in [5.41, 5.74) is 5.61. The summed E-state index contributed by atoms with van der Waals surface area (Å²) < 4.78 is 28.6. The molecule has 1 aromatic carbocycles. The molecule has 1 aliphatic carbocycles. The molecule has 2 amide bonds. The van der Waals surface area contributed by atoms with E-state index >= 15 is 0 Å². The lowest BCUT2D eigenvalue weighted by molar-refractivity contribution is -0.142. The molecule has 2 heterocycles. The number of anilines is 1. The number of hydrogen-bond donors (Lipinski definition) is 2. The van der Waals surface area contributed by atoms with Crippen molar-refractivity contribution < 1.29 is 18.4 Å². The van der Waals surface area contributed by atoms with Crippen molar-refractivity contribution in [3.05, 3.63) is 42.2 Å². The molecule has 0 radical (unpaired) electrons. The maximum atomic E-state index is 13.8. The first-order valence-corrected chi connectivity index (χ1v) is 8.73. The minimum Gasteiger partial charge on any atom is -0.334 e. The van der Waals surface area contributed by atoms with Crippen molar-refractivity contribution in [1.82, 2.24) is 14.7 Å². The number of carbonyl (C=O) groups is 2. The molecular formula is C18H19F2N5O2. The Hall–Kier alpha value is -2.81. The van der Waals surface area contributed by atoms with Crippen molar-refractivity contribution in [1.29, 1.82) is 0 Å². The Labute approximate surface area is 154 Å². The molecule has 3 N–H and O–H groups in total. The fourth-order valence-electron chi connectivity index (χ4n) is 3.99. The van der Waals surface area contributed by atoms with Gasteiger partial charge in [0, 0.05) is 18.5 Å². The fourth-order valence-corrected chi connectivity index (χ4v) is 3.99. The van der Waals surface area contributed by atoms with Gasteiger partial charge in [-0.2, -0.15) is 5.10 Å². The van der Waals surface area contributed by atoms with Gasteiger partial charge in [0.1, 0.15) is 5.69 Å².